The van der Waals surface area contributed by atoms with Crippen LogP contribution in [0.1, 0.15) is 5.56 Å². The minimum Gasteiger partial charge on any atom is -0.487 e. The van der Waals surface area contributed by atoms with Gasteiger partial charge in [-0.1, -0.05) is 29.3 Å². The highest BCUT2D eigenvalue weighted by Gasteiger charge is 2.20. The molecule has 1 atom stereocenters. The molecule has 2 heterocycles. The van der Waals surface area contributed by atoms with Crippen LogP contribution in [0.25, 0.3) is 0 Å². The van der Waals surface area contributed by atoms with Gasteiger partial charge in [0.2, 0.25) is 0 Å². The zero-order valence-electron chi connectivity index (χ0n) is 13.0. The number of aromatic nitrogens is 1. The lowest BCUT2D eigenvalue weighted by molar-refractivity contribution is 0.00336. The van der Waals surface area contributed by atoms with Gasteiger partial charge in [-0.25, -0.2) is 4.98 Å². The van der Waals surface area contributed by atoms with Crippen molar-refractivity contribution < 1.29 is 14.6 Å². The molecule has 1 saturated heterocycles. The fourth-order valence-electron chi connectivity index (χ4n) is 2.51. The number of rotatable bonds is 5. The Morgan fingerprint density at radius 1 is 1.25 bits per heavy atom. The van der Waals surface area contributed by atoms with Gasteiger partial charge >= 0.3 is 0 Å². The SMILES string of the molecule is OCC1CN(c2ccc(OCc3c(Cl)cccc3Cl)cn2)CCO1. The molecule has 1 unspecified atom stereocenters. The van der Waals surface area contributed by atoms with Crippen molar-refractivity contribution in [2.75, 3.05) is 31.2 Å². The maximum Gasteiger partial charge on any atom is 0.138 e. The number of hydrogen-bond acceptors (Lipinski definition) is 5. The summed E-state index contributed by atoms with van der Waals surface area (Å²) in [6.07, 6.45) is 1.50. The lowest BCUT2D eigenvalue weighted by Gasteiger charge is -2.32. The summed E-state index contributed by atoms with van der Waals surface area (Å²) in [7, 11) is 0. The van der Waals surface area contributed by atoms with Crippen molar-refractivity contribution in [2.45, 2.75) is 12.7 Å². The Balaban J connectivity index is 1.62. The number of morpholine rings is 1. The van der Waals surface area contributed by atoms with Crippen molar-refractivity contribution >= 4 is 29.0 Å². The fraction of sp³-hybridized carbons (Fsp3) is 0.353. The van der Waals surface area contributed by atoms with Crippen molar-refractivity contribution in [3.63, 3.8) is 0 Å². The third-order valence-electron chi connectivity index (χ3n) is 3.83. The van der Waals surface area contributed by atoms with Crippen LogP contribution in [0, 0.1) is 0 Å². The first kappa shape index (κ1) is 17.3. The van der Waals surface area contributed by atoms with Gasteiger partial charge in [-0.15, -0.1) is 0 Å². The first-order valence-corrected chi connectivity index (χ1v) is 8.42. The van der Waals surface area contributed by atoms with E-state index in [1.165, 1.54) is 0 Å². The van der Waals surface area contributed by atoms with E-state index in [-0.39, 0.29) is 19.3 Å². The summed E-state index contributed by atoms with van der Waals surface area (Å²) in [5.41, 5.74) is 0.754. The number of aliphatic hydroxyl groups excluding tert-OH is 1. The van der Waals surface area contributed by atoms with Crippen molar-refractivity contribution in [3.05, 3.63) is 52.1 Å². The van der Waals surface area contributed by atoms with E-state index in [9.17, 15) is 5.11 Å². The molecule has 1 N–H and O–H groups in total. The number of anilines is 1. The number of pyridine rings is 1. The highest BCUT2D eigenvalue weighted by atomic mass is 35.5. The molecule has 0 amide bonds. The van der Waals surface area contributed by atoms with Crippen molar-refractivity contribution in [3.8, 4) is 5.75 Å². The quantitative estimate of drug-likeness (QED) is 0.878. The molecule has 0 radical (unpaired) electrons. The predicted octanol–water partition coefficient (Wildman–Crippen LogP) is 3.16. The zero-order valence-corrected chi connectivity index (χ0v) is 14.5. The van der Waals surface area contributed by atoms with Crippen LogP contribution in [0.2, 0.25) is 10.0 Å². The summed E-state index contributed by atoms with van der Waals surface area (Å²) in [5.74, 6) is 1.47. The number of nitrogens with zero attached hydrogens (tertiary/aromatic N) is 2. The van der Waals surface area contributed by atoms with Crippen LogP contribution in [0.4, 0.5) is 5.82 Å². The molecule has 0 bridgehead atoms. The Kier molecular flexibility index (Phi) is 5.79. The first-order valence-electron chi connectivity index (χ1n) is 7.66. The molecule has 2 aromatic rings. The van der Waals surface area contributed by atoms with Crippen LogP contribution >= 0.6 is 23.2 Å². The standard InChI is InChI=1S/C17H18Cl2N2O3/c18-15-2-1-3-16(19)14(15)11-24-12-4-5-17(20-8-12)21-6-7-23-13(9-21)10-22/h1-5,8,13,22H,6-7,9-11H2. The largest absolute Gasteiger partial charge is 0.487 e. The number of ether oxygens (including phenoxy) is 2. The summed E-state index contributed by atoms with van der Waals surface area (Å²) in [4.78, 5) is 6.51. The Labute approximate surface area is 150 Å². The highest BCUT2D eigenvalue weighted by Crippen LogP contribution is 2.26. The minimum absolute atomic E-state index is 0.0102. The molecule has 5 nitrogen and oxygen atoms in total. The molecule has 1 aliphatic heterocycles. The average molecular weight is 369 g/mol. The van der Waals surface area contributed by atoms with Crippen molar-refractivity contribution in [1.82, 2.24) is 4.98 Å². The maximum atomic E-state index is 9.21. The summed E-state index contributed by atoms with van der Waals surface area (Å²) in [6.45, 7) is 2.24. The monoisotopic (exact) mass is 368 g/mol. The van der Waals surface area contributed by atoms with Crippen LogP contribution < -0.4 is 9.64 Å². The molecule has 0 spiro atoms. The van der Waals surface area contributed by atoms with E-state index in [0.29, 0.717) is 28.9 Å². The molecule has 24 heavy (non-hydrogen) atoms. The highest BCUT2D eigenvalue weighted by molar-refractivity contribution is 6.35. The third kappa shape index (κ3) is 4.11. The zero-order chi connectivity index (χ0) is 16.9. The van der Waals surface area contributed by atoms with Crippen LogP contribution in [0.3, 0.4) is 0 Å². The predicted molar refractivity (Wildman–Crippen MR) is 94.1 cm³/mol. The molecule has 128 valence electrons. The summed E-state index contributed by atoms with van der Waals surface area (Å²) in [6, 6.07) is 9.11. The number of halogens is 2. The van der Waals surface area contributed by atoms with Gasteiger partial charge in [0.05, 0.1) is 25.5 Å². The van der Waals surface area contributed by atoms with E-state index in [4.69, 9.17) is 32.7 Å². The van der Waals surface area contributed by atoms with Gasteiger partial charge in [0.15, 0.2) is 0 Å². The van der Waals surface area contributed by atoms with E-state index < -0.39 is 0 Å². The molecule has 0 aliphatic carbocycles. The van der Waals surface area contributed by atoms with Crippen molar-refractivity contribution in [1.29, 1.82) is 0 Å². The van der Waals surface area contributed by atoms with Crippen LogP contribution in [-0.4, -0.2) is 42.5 Å². The van der Waals surface area contributed by atoms with Gasteiger partial charge < -0.3 is 19.5 Å². The second-order valence-corrected chi connectivity index (χ2v) is 6.28. The van der Waals surface area contributed by atoms with Crippen molar-refractivity contribution in [2.24, 2.45) is 0 Å². The topological polar surface area (TPSA) is 54.8 Å². The Morgan fingerprint density at radius 3 is 2.71 bits per heavy atom. The lowest BCUT2D eigenvalue weighted by atomic mass is 10.2. The van der Waals surface area contributed by atoms with Crippen LogP contribution in [0.5, 0.6) is 5.75 Å². The van der Waals surface area contributed by atoms with Gasteiger partial charge in [0.25, 0.3) is 0 Å². The molecule has 1 aromatic heterocycles. The maximum absolute atomic E-state index is 9.21. The number of hydrogen-bond donors (Lipinski definition) is 1. The molecule has 0 saturated carbocycles. The van der Waals surface area contributed by atoms with E-state index >= 15 is 0 Å². The molecule has 1 aromatic carbocycles. The molecular weight excluding hydrogens is 351 g/mol. The van der Waals surface area contributed by atoms with E-state index in [1.807, 2.05) is 12.1 Å². The van der Waals surface area contributed by atoms with Gasteiger partial charge in [-0.05, 0) is 24.3 Å². The van der Waals surface area contributed by atoms with Gasteiger partial charge in [-0.3, -0.25) is 0 Å². The first-order chi connectivity index (χ1) is 11.7. The Hall–Kier alpha value is -1.53. The van der Waals surface area contributed by atoms with Gasteiger partial charge in [0, 0.05) is 28.7 Å². The Bertz CT molecular complexity index is 662. The summed E-state index contributed by atoms with van der Waals surface area (Å²) >= 11 is 12.3. The second kappa shape index (κ2) is 8.03. The van der Waals surface area contributed by atoms with E-state index in [1.54, 1.807) is 24.4 Å². The van der Waals surface area contributed by atoms with Crippen LogP contribution in [-0.2, 0) is 11.3 Å². The minimum atomic E-state index is -0.168. The molecule has 1 aliphatic rings. The normalized spacial score (nSPS) is 17.8. The smallest absolute Gasteiger partial charge is 0.138 e. The fourth-order valence-corrected chi connectivity index (χ4v) is 3.02. The third-order valence-corrected chi connectivity index (χ3v) is 4.54. The molecule has 1 fully saturated rings. The van der Waals surface area contributed by atoms with E-state index in [2.05, 4.69) is 9.88 Å². The van der Waals surface area contributed by atoms with E-state index in [0.717, 1.165) is 17.9 Å². The summed E-state index contributed by atoms with van der Waals surface area (Å²) in [5, 5.41) is 10.4. The second-order valence-electron chi connectivity index (χ2n) is 5.46. The molecule has 7 heteroatoms. The molecule has 3 rings (SSSR count). The molecular formula is C17H18Cl2N2O3. The van der Waals surface area contributed by atoms with Gasteiger partial charge in [0.1, 0.15) is 18.2 Å². The summed E-state index contributed by atoms with van der Waals surface area (Å²) < 4.78 is 11.2. The van der Waals surface area contributed by atoms with Crippen LogP contribution in [0.15, 0.2) is 36.5 Å². The lowest BCUT2D eigenvalue weighted by Crippen LogP contribution is -2.44. The number of aliphatic hydroxyl groups is 1. The average Bonchev–Trinajstić information content (AvgIpc) is 2.62. The van der Waals surface area contributed by atoms with Gasteiger partial charge in [-0.2, -0.15) is 0 Å². The number of benzene rings is 1. The Morgan fingerprint density at radius 2 is 2.04 bits per heavy atom.